The molecule has 3 rings (SSSR count). The molecule has 118 valence electrons. The lowest BCUT2D eigenvalue weighted by molar-refractivity contribution is -0.145. The number of likely N-dealkylation sites (tertiary alicyclic amines) is 1. The molecule has 0 bridgehead atoms. The zero-order chi connectivity index (χ0) is 14.8. The fourth-order valence-corrected chi connectivity index (χ4v) is 3.18. The van der Waals surface area contributed by atoms with Crippen LogP contribution in [0.2, 0.25) is 0 Å². The van der Waals surface area contributed by atoms with Gasteiger partial charge < -0.3 is 20.1 Å². The third-order valence-corrected chi connectivity index (χ3v) is 4.72. The van der Waals surface area contributed by atoms with Crippen molar-refractivity contribution < 1.29 is 19.4 Å². The molecule has 1 saturated heterocycles. The molecule has 0 aromatic carbocycles. The molecule has 3 aliphatic rings. The summed E-state index contributed by atoms with van der Waals surface area (Å²) in [5.41, 5.74) is 0. The van der Waals surface area contributed by atoms with E-state index in [1.165, 1.54) is 25.7 Å². The van der Waals surface area contributed by atoms with Crippen molar-refractivity contribution in [1.82, 2.24) is 10.2 Å². The van der Waals surface area contributed by atoms with Gasteiger partial charge in [-0.1, -0.05) is 0 Å². The number of rotatable bonds is 6. The molecule has 3 fully saturated rings. The van der Waals surface area contributed by atoms with Gasteiger partial charge in [-0.3, -0.25) is 0 Å². The van der Waals surface area contributed by atoms with Crippen LogP contribution < -0.4 is 5.32 Å². The number of hydrogen-bond donors (Lipinski definition) is 2. The minimum absolute atomic E-state index is 0.0344. The van der Waals surface area contributed by atoms with E-state index in [9.17, 15) is 9.59 Å². The van der Waals surface area contributed by atoms with Crippen molar-refractivity contribution in [3.63, 3.8) is 0 Å². The van der Waals surface area contributed by atoms with Crippen LogP contribution in [0.25, 0.3) is 0 Å². The normalized spacial score (nSPS) is 23.4. The number of carboxylic acids is 1. The van der Waals surface area contributed by atoms with E-state index in [1.807, 2.05) is 4.90 Å². The quantitative estimate of drug-likeness (QED) is 0.777. The lowest BCUT2D eigenvalue weighted by Gasteiger charge is -2.33. The molecule has 0 radical (unpaired) electrons. The molecular weight excluding hydrogens is 272 g/mol. The number of nitrogens with one attached hydrogen (secondary N) is 1. The minimum atomic E-state index is -0.938. The van der Waals surface area contributed by atoms with Gasteiger partial charge >= 0.3 is 12.0 Å². The number of amides is 2. The summed E-state index contributed by atoms with van der Waals surface area (Å²) < 4.78 is 5.29. The van der Waals surface area contributed by atoms with Gasteiger partial charge in [-0.15, -0.1) is 0 Å². The lowest BCUT2D eigenvalue weighted by atomic mass is 10.1. The third-order valence-electron chi connectivity index (χ3n) is 4.72. The number of ether oxygens (including phenoxy) is 1. The Hall–Kier alpha value is -1.30. The molecule has 0 aromatic heterocycles. The predicted octanol–water partition coefficient (Wildman–Crippen LogP) is 1.45. The van der Waals surface area contributed by atoms with E-state index >= 15 is 0 Å². The third kappa shape index (κ3) is 4.09. The molecule has 0 atom stereocenters. The molecule has 2 saturated carbocycles. The van der Waals surface area contributed by atoms with Crippen LogP contribution in [-0.4, -0.2) is 53.8 Å². The molecule has 0 spiro atoms. The maximum absolute atomic E-state index is 12.3. The first-order valence-corrected chi connectivity index (χ1v) is 8.02. The van der Waals surface area contributed by atoms with Crippen LogP contribution in [0.3, 0.4) is 0 Å². The van der Waals surface area contributed by atoms with Crippen molar-refractivity contribution in [1.29, 1.82) is 0 Å². The van der Waals surface area contributed by atoms with Crippen LogP contribution in [0.1, 0.15) is 38.5 Å². The van der Waals surface area contributed by atoms with Crippen LogP contribution in [0.15, 0.2) is 0 Å². The summed E-state index contributed by atoms with van der Waals surface area (Å²) in [5.74, 6) is 0.475. The number of nitrogens with zero attached hydrogens (tertiary/aromatic N) is 1. The molecule has 6 nitrogen and oxygen atoms in total. The maximum Gasteiger partial charge on any atom is 0.329 e. The molecule has 6 heteroatoms. The van der Waals surface area contributed by atoms with Crippen molar-refractivity contribution >= 4 is 12.0 Å². The summed E-state index contributed by atoms with van der Waals surface area (Å²) in [6.07, 6.45) is 6.43. The summed E-state index contributed by atoms with van der Waals surface area (Å²) in [5, 5.41) is 11.8. The van der Waals surface area contributed by atoms with Crippen molar-refractivity contribution in [3.05, 3.63) is 0 Å². The molecule has 21 heavy (non-hydrogen) atoms. The summed E-state index contributed by atoms with van der Waals surface area (Å²) in [6, 6.07) is 0.439. The molecule has 2 aliphatic carbocycles. The van der Waals surface area contributed by atoms with E-state index in [1.54, 1.807) is 0 Å². The first-order valence-electron chi connectivity index (χ1n) is 8.02. The Kier molecular flexibility index (Phi) is 4.33. The number of carboxylic acid groups (broad SMARTS) is 1. The summed E-state index contributed by atoms with van der Waals surface area (Å²) in [4.78, 5) is 24.6. The average molecular weight is 296 g/mol. The highest BCUT2D eigenvalue weighted by molar-refractivity contribution is 5.74. The molecular formula is C15H24N2O4. The highest BCUT2D eigenvalue weighted by Gasteiger charge is 2.42. The Balaban J connectivity index is 1.41. The molecule has 0 unspecified atom stereocenters. The van der Waals surface area contributed by atoms with E-state index < -0.39 is 5.97 Å². The molecule has 2 N–H and O–H groups in total. The van der Waals surface area contributed by atoms with Gasteiger partial charge in [-0.25, -0.2) is 9.59 Å². The molecule has 2 amide bonds. The van der Waals surface area contributed by atoms with Crippen LogP contribution in [0.5, 0.6) is 0 Å². The number of carbonyl (C=O) groups excluding carboxylic acids is 1. The van der Waals surface area contributed by atoms with Gasteiger partial charge in [-0.2, -0.15) is 0 Å². The van der Waals surface area contributed by atoms with Gasteiger partial charge in [-0.05, 0) is 50.4 Å². The Morgan fingerprint density at radius 2 is 1.67 bits per heavy atom. The zero-order valence-electron chi connectivity index (χ0n) is 12.3. The fourth-order valence-electron chi connectivity index (χ4n) is 3.18. The van der Waals surface area contributed by atoms with Gasteiger partial charge in [0.25, 0.3) is 0 Å². The second kappa shape index (κ2) is 6.22. The smallest absolute Gasteiger partial charge is 0.329 e. The topological polar surface area (TPSA) is 78.9 Å². The van der Waals surface area contributed by atoms with Gasteiger partial charge in [0, 0.05) is 19.1 Å². The Morgan fingerprint density at radius 3 is 2.14 bits per heavy atom. The van der Waals surface area contributed by atoms with E-state index in [0.717, 1.165) is 12.8 Å². The summed E-state index contributed by atoms with van der Waals surface area (Å²) in [6.45, 7) is 1.05. The largest absolute Gasteiger partial charge is 0.480 e. The Bertz CT molecular complexity index is 386. The van der Waals surface area contributed by atoms with E-state index in [2.05, 4.69) is 5.32 Å². The second-order valence-electron chi connectivity index (χ2n) is 6.54. The molecule has 0 aromatic rings. The van der Waals surface area contributed by atoms with Gasteiger partial charge in [0.05, 0.1) is 6.10 Å². The standard InChI is InChI=1S/C15H24N2O4/c18-13(19)9-21-12-5-7-17(8-6-12)15(20)16-14(10-1-2-10)11-3-4-11/h10-12,14H,1-9H2,(H,16,20)(H,18,19). The Morgan fingerprint density at radius 1 is 1.10 bits per heavy atom. The molecule has 1 aliphatic heterocycles. The van der Waals surface area contributed by atoms with Gasteiger partial charge in [0.15, 0.2) is 0 Å². The van der Waals surface area contributed by atoms with Crippen LogP contribution in [0.4, 0.5) is 4.79 Å². The number of urea groups is 1. The zero-order valence-corrected chi connectivity index (χ0v) is 12.3. The number of aliphatic carboxylic acids is 1. The first-order chi connectivity index (χ1) is 10.1. The lowest BCUT2D eigenvalue weighted by Crippen LogP contribution is -2.50. The monoisotopic (exact) mass is 296 g/mol. The van der Waals surface area contributed by atoms with Gasteiger partial charge in [0.1, 0.15) is 6.61 Å². The number of piperidine rings is 1. The average Bonchev–Trinajstić information content (AvgIpc) is 3.36. The van der Waals surface area contributed by atoms with E-state index in [0.29, 0.717) is 31.0 Å². The Labute approximate surface area is 124 Å². The van der Waals surface area contributed by atoms with Crippen LogP contribution >= 0.6 is 0 Å². The maximum atomic E-state index is 12.3. The number of carbonyl (C=O) groups is 2. The summed E-state index contributed by atoms with van der Waals surface area (Å²) in [7, 11) is 0. The second-order valence-corrected chi connectivity index (χ2v) is 6.54. The van der Waals surface area contributed by atoms with Crippen LogP contribution in [0, 0.1) is 11.8 Å². The van der Waals surface area contributed by atoms with E-state index in [4.69, 9.17) is 9.84 Å². The molecule has 1 heterocycles. The number of hydrogen-bond acceptors (Lipinski definition) is 3. The van der Waals surface area contributed by atoms with Crippen molar-refractivity contribution in [2.24, 2.45) is 11.8 Å². The summed E-state index contributed by atoms with van der Waals surface area (Å²) >= 11 is 0. The predicted molar refractivity (Wildman–Crippen MR) is 76.0 cm³/mol. The van der Waals surface area contributed by atoms with Crippen LogP contribution in [-0.2, 0) is 9.53 Å². The fraction of sp³-hybridized carbons (Fsp3) is 0.867. The minimum Gasteiger partial charge on any atom is -0.480 e. The van der Waals surface area contributed by atoms with Crippen molar-refractivity contribution in [2.75, 3.05) is 19.7 Å². The van der Waals surface area contributed by atoms with Crippen molar-refractivity contribution in [2.45, 2.75) is 50.7 Å². The highest BCUT2D eigenvalue weighted by atomic mass is 16.5. The van der Waals surface area contributed by atoms with E-state index in [-0.39, 0.29) is 18.7 Å². The van der Waals surface area contributed by atoms with Gasteiger partial charge in [0.2, 0.25) is 0 Å². The SMILES string of the molecule is O=C(O)COC1CCN(C(=O)NC(C2CC2)C2CC2)CC1. The first kappa shape index (κ1) is 14.6. The highest BCUT2D eigenvalue weighted by Crippen LogP contribution is 2.44. The van der Waals surface area contributed by atoms with Crippen molar-refractivity contribution in [3.8, 4) is 0 Å².